The van der Waals surface area contributed by atoms with Crippen molar-refractivity contribution in [3.8, 4) is 0 Å². The highest BCUT2D eigenvalue weighted by atomic mass is 16.2. The molecule has 7 heteroatoms. The van der Waals surface area contributed by atoms with E-state index < -0.39 is 0 Å². The fourth-order valence-electron chi connectivity index (χ4n) is 3.96. The van der Waals surface area contributed by atoms with Crippen molar-refractivity contribution in [1.29, 1.82) is 0 Å². The predicted molar refractivity (Wildman–Crippen MR) is 94.0 cm³/mol. The van der Waals surface area contributed by atoms with Gasteiger partial charge in [-0.05, 0) is 31.7 Å². The molecule has 2 aromatic heterocycles. The Bertz CT molecular complexity index is 689. The number of hydrogen-bond acceptors (Lipinski definition) is 5. The quantitative estimate of drug-likeness (QED) is 0.852. The molecule has 0 N–H and O–H groups in total. The molecule has 0 radical (unpaired) electrons. The van der Waals surface area contributed by atoms with E-state index in [9.17, 15) is 4.79 Å². The van der Waals surface area contributed by atoms with Gasteiger partial charge in [0.2, 0.25) is 11.9 Å². The molecule has 0 saturated carbocycles. The first-order valence-electron chi connectivity index (χ1n) is 9.09. The van der Waals surface area contributed by atoms with E-state index in [0.29, 0.717) is 6.04 Å². The number of nitrogens with zero attached hydrogens (tertiary/aromatic N) is 6. The Morgan fingerprint density at radius 1 is 1.04 bits per heavy atom. The molecular formula is C18H24N6O. The summed E-state index contributed by atoms with van der Waals surface area (Å²) >= 11 is 0. The molecule has 7 nitrogen and oxygen atoms in total. The second-order valence-electron chi connectivity index (χ2n) is 6.92. The Hall–Kier alpha value is -2.44. The molecule has 0 unspecified atom stereocenters. The van der Waals surface area contributed by atoms with E-state index in [2.05, 4.69) is 24.4 Å². The van der Waals surface area contributed by atoms with Gasteiger partial charge in [0.25, 0.3) is 0 Å². The van der Waals surface area contributed by atoms with Gasteiger partial charge in [-0.3, -0.25) is 4.79 Å². The van der Waals surface area contributed by atoms with Crippen molar-refractivity contribution in [1.82, 2.24) is 24.4 Å². The summed E-state index contributed by atoms with van der Waals surface area (Å²) in [5.41, 5.74) is 0. The monoisotopic (exact) mass is 340 g/mol. The molecule has 4 heterocycles. The van der Waals surface area contributed by atoms with Gasteiger partial charge in [-0.1, -0.05) is 0 Å². The highest BCUT2D eigenvalue weighted by Crippen LogP contribution is 2.26. The average Bonchev–Trinajstić information content (AvgIpc) is 3.23. The van der Waals surface area contributed by atoms with Crippen LogP contribution in [0.3, 0.4) is 0 Å². The third-order valence-corrected chi connectivity index (χ3v) is 5.26. The van der Waals surface area contributed by atoms with Gasteiger partial charge in [-0.2, -0.15) is 0 Å². The van der Waals surface area contributed by atoms with Crippen molar-refractivity contribution in [2.75, 3.05) is 31.1 Å². The number of carbonyl (C=O) groups excluding carboxylic acids is 1. The lowest BCUT2D eigenvalue weighted by Gasteiger charge is -2.38. The molecule has 0 aliphatic carbocycles. The maximum atomic E-state index is 13.1. The lowest BCUT2D eigenvalue weighted by atomic mass is 9.95. The van der Waals surface area contributed by atoms with Crippen LogP contribution < -0.4 is 4.90 Å². The van der Waals surface area contributed by atoms with Crippen LogP contribution >= 0.6 is 0 Å². The largest absolute Gasteiger partial charge is 0.340 e. The van der Waals surface area contributed by atoms with Crippen molar-refractivity contribution in [2.24, 2.45) is 5.92 Å². The zero-order valence-corrected chi connectivity index (χ0v) is 14.4. The first kappa shape index (κ1) is 16.1. The second kappa shape index (κ2) is 7.21. The van der Waals surface area contributed by atoms with E-state index >= 15 is 0 Å². The van der Waals surface area contributed by atoms with E-state index in [0.717, 1.165) is 57.8 Å². The lowest BCUT2D eigenvalue weighted by Crippen LogP contribution is -2.48. The number of rotatable bonds is 3. The van der Waals surface area contributed by atoms with Crippen molar-refractivity contribution in [2.45, 2.75) is 31.7 Å². The standard InChI is InChI=1S/C18H24N6O/c25-17(22-9-2-5-16(13-22)24-11-8-19-14-24)15-4-1-10-23(12-15)18-20-6-3-7-21-18/h3,6-8,11,14-16H,1-2,4-5,9-10,12-13H2/t15-,16+/m1/s1. The molecule has 2 saturated heterocycles. The molecule has 0 spiro atoms. The fraction of sp³-hybridized carbons (Fsp3) is 0.556. The molecule has 2 aliphatic rings. The van der Waals surface area contributed by atoms with Crippen LogP contribution in [-0.4, -0.2) is 56.5 Å². The molecule has 0 aromatic carbocycles. The summed E-state index contributed by atoms with van der Waals surface area (Å²) in [5.74, 6) is 1.06. The van der Waals surface area contributed by atoms with E-state index in [1.807, 2.05) is 23.5 Å². The number of aromatic nitrogens is 4. The fourth-order valence-corrected chi connectivity index (χ4v) is 3.96. The SMILES string of the molecule is O=C([C@@H]1CCCN(c2ncccn2)C1)N1CCC[C@H](n2ccnc2)C1. The highest BCUT2D eigenvalue weighted by molar-refractivity contribution is 5.79. The van der Waals surface area contributed by atoms with Crippen molar-refractivity contribution in [3.63, 3.8) is 0 Å². The predicted octanol–water partition coefficient (Wildman–Crippen LogP) is 1.75. The van der Waals surface area contributed by atoms with Crippen LogP contribution in [0.4, 0.5) is 5.95 Å². The molecular weight excluding hydrogens is 316 g/mol. The zero-order valence-electron chi connectivity index (χ0n) is 14.4. The van der Waals surface area contributed by atoms with Crippen molar-refractivity contribution < 1.29 is 4.79 Å². The summed E-state index contributed by atoms with van der Waals surface area (Å²) in [7, 11) is 0. The number of hydrogen-bond donors (Lipinski definition) is 0. The van der Waals surface area contributed by atoms with Gasteiger partial charge < -0.3 is 14.4 Å². The van der Waals surface area contributed by atoms with Crippen molar-refractivity contribution in [3.05, 3.63) is 37.2 Å². The van der Waals surface area contributed by atoms with Crippen LogP contribution in [0.5, 0.6) is 0 Å². The van der Waals surface area contributed by atoms with Gasteiger partial charge in [0, 0.05) is 51.0 Å². The smallest absolute Gasteiger partial charge is 0.227 e. The van der Waals surface area contributed by atoms with E-state index in [1.54, 1.807) is 18.6 Å². The normalized spacial score (nSPS) is 24.3. The number of carbonyl (C=O) groups is 1. The Kier molecular flexibility index (Phi) is 4.63. The van der Waals surface area contributed by atoms with Crippen LogP contribution in [0, 0.1) is 5.92 Å². The first-order valence-corrected chi connectivity index (χ1v) is 9.09. The number of piperidine rings is 2. The van der Waals surface area contributed by atoms with Gasteiger partial charge in [-0.15, -0.1) is 0 Å². The van der Waals surface area contributed by atoms with Crippen molar-refractivity contribution >= 4 is 11.9 Å². The zero-order chi connectivity index (χ0) is 17.1. The van der Waals surface area contributed by atoms with Crippen LogP contribution in [0.1, 0.15) is 31.7 Å². The number of imidazole rings is 1. The molecule has 132 valence electrons. The van der Waals surface area contributed by atoms with Gasteiger partial charge >= 0.3 is 0 Å². The van der Waals surface area contributed by atoms with Crippen LogP contribution in [-0.2, 0) is 4.79 Å². The highest BCUT2D eigenvalue weighted by Gasteiger charge is 2.32. The Labute approximate surface area is 147 Å². The van der Waals surface area contributed by atoms with Gasteiger partial charge in [0.15, 0.2) is 0 Å². The summed E-state index contributed by atoms with van der Waals surface area (Å²) in [4.78, 5) is 30.1. The molecule has 2 atom stereocenters. The second-order valence-corrected chi connectivity index (χ2v) is 6.92. The summed E-state index contributed by atoms with van der Waals surface area (Å²) in [6, 6.07) is 2.16. The number of anilines is 1. The minimum atomic E-state index is 0.0408. The van der Waals surface area contributed by atoms with E-state index in [4.69, 9.17) is 0 Å². The molecule has 1 amide bonds. The van der Waals surface area contributed by atoms with E-state index in [-0.39, 0.29) is 11.8 Å². The van der Waals surface area contributed by atoms with Crippen LogP contribution in [0.25, 0.3) is 0 Å². The van der Waals surface area contributed by atoms with Crippen LogP contribution in [0.2, 0.25) is 0 Å². The Morgan fingerprint density at radius 2 is 1.88 bits per heavy atom. The average molecular weight is 340 g/mol. The third kappa shape index (κ3) is 3.50. The topological polar surface area (TPSA) is 67.2 Å². The molecule has 4 rings (SSSR count). The molecule has 2 aromatic rings. The Balaban J connectivity index is 1.41. The molecule has 0 bridgehead atoms. The third-order valence-electron chi connectivity index (χ3n) is 5.26. The van der Waals surface area contributed by atoms with Gasteiger partial charge in [-0.25, -0.2) is 15.0 Å². The summed E-state index contributed by atoms with van der Waals surface area (Å²) < 4.78 is 2.13. The minimum absolute atomic E-state index is 0.0408. The van der Waals surface area contributed by atoms with Gasteiger partial charge in [0.1, 0.15) is 0 Å². The van der Waals surface area contributed by atoms with Gasteiger partial charge in [0.05, 0.1) is 18.3 Å². The lowest BCUT2D eigenvalue weighted by molar-refractivity contribution is -0.137. The van der Waals surface area contributed by atoms with Crippen LogP contribution in [0.15, 0.2) is 37.2 Å². The maximum Gasteiger partial charge on any atom is 0.227 e. The molecule has 25 heavy (non-hydrogen) atoms. The number of amides is 1. The van der Waals surface area contributed by atoms with E-state index in [1.165, 1.54) is 0 Å². The number of likely N-dealkylation sites (tertiary alicyclic amines) is 1. The summed E-state index contributed by atoms with van der Waals surface area (Å²) in [6.45, 7) is 3.29. The minimum Gasteiger partial charge on any atom is -0.340 e. The maximum absolute atomic E-state index is 13.1. The summed E-state index contributed by atoms with van der Waals surface area (Å²) in [5, 5.41) is 0. The molecule has 2 fully saturated rings. The molecule has 2 aliphatic heterocycles. The Morgan fingerprint density at radius 3 is 2.68 bits per heavy atom. The summed E-state index contributed by atoms with van der Waals surface area (Å²) in [6.07, 6.45) is 13.3. The first-order chi connectivity index (χ1) is 12.3.